The van der Waals surface area contributed by atoms with Crippen LogP contribution in [-0.2, 0) is 19.1 Å². The second kappa shape index (κ2) is 13.3. The van der Waals surface area contributed by atoms with Gasteiger partial charge in [0.05, 0.1) is 17.3 Å². The van der Waals surface area contributed by atoms with E-state index in [0.717, 1.165) is 50.9 Å². The molecule has 7 saturated carbocycles. The Hall–Kier alpha value is -1.89. The summed E-state index contributed by atoms with van der Waals surface area (Å²) in [4.78, 5) is 42.4. The van der Waals surface area contributed by atoms with Gasteiger partial charge in [-0.2, -0.15) is 0 Å². The first kappa shape index (κ1) is 39.0. The molecule has 7 aliphatic carbocycles. The van der Waals surface area contributed by atoms with E-state index in [1.807, 2.05) is 0 Å². The van der Waals surface area contributed by atoms with Crippen LogP contribution in [0.3, 0.4) is 0 Å². The summed E-state index contributed by atoms with van der Waals surface area (Å²) < 4.78 is 6.20. The summed E-state index contributed by atoms with van der Waals surface area (Å²) in [7, 11) is 0. The van der Waals surface area contributed by atoms with Gasteiger partial charge in [-0.1, -0.05) is 39.8 Å². The molecule has 1 amide bonds. The molecule has 13 atom stereocenters. The minimum absolute atomic E-state index is 0.0995. The first-order chi connectivity index (χ1) is 25.4. The molecule has 4 unspecified atom stereocenters. The van der Waals surface area contributed by atoms with Crippen molar-refractivity contribution in [3.8, 4) is 0 Å². The van der Waals surface area contributed by atoms with Crippen LogP contribution < -0.4 is 5.32 Å². The van der Waals surface area contributed by atoms with Crippen molar-refractivity contribution in [3.05, 3.63) is 12.2 Å². The van der Waals surface area contributed by atoms with E-state index >= 15 is 0 Å². The molecule has 0 bridgehead atoms. The van der Waals surface area contributed by atoms with Crippen LogP contribution in [0.5, 0.6) is 0 Å². The van der Waals surface area contributed by atoms with E-state index in [9.17, 15) is 19.5 Å². The fourth-order valence-corrected chi connectivity index (χ4v) is 16.3. The van der Waals surface area contributed by atoms with Crippen molar-refractivity contribution in [2.45, 2.75) is 170 Å². The third-order valence-electron chi connectivity index (χ3n) is 18.9. The van der Waals surface area contributed by atoms with Crippen LogP contribution in [0.1, 0.15) is 158 Å². The smallest absolute Gasteiger partial charge is 0.309 e. The van der Waals surface area contributed by atoms with Crippen LogP contribution in [0.2, 0.25) is 0 Å². The number of allylic oxidation sites excluding steroid dienone is 1. The number of amides is 1. The molecule has 8 fully saturated rings. The van der Waals surface area contributed by atoms with Gasteiger partial charge in [0.2, 0.25) is 5.91 Å². The van der Waals surface area contributed by atoms with Crippen LogP contribution in [0.4, 0.5) is 0 Å². The Bertz CT molecular complexity index is 1540. The second-order valence-corrected chi connectivity index (χ2v) is 22.6. The largest absolute Gasteiger partial charge is 0.481 e. The molecule has 2 spiro atoms. The predicted octanol–water partition coefficient (Wildman–Crippen LogP) is 9.44. The lowest BCUT2D eigenvalue weighted by Crippen LogP contribution is -2.61. The maximum atomic E-state index is 14.9. The van der Waals surface area contributed by atoms with Gasteiger partial charge in [-0.05, 0) is 188 Å². The molecule has 0 aromatic carbocycles. The van der Waals surface area contributed by atoms with Crippen LogP contribution in [0.15, 0.2) is 12.2 Å². The first-order valence-corrected chi connectivity index (χ1v) is 22.5. The lowest BCUT2D eigenvalue weighted by molar-refractivity contribution is -0.201. The number of hydrogen-bond acceptors (Lipinski definition) is 5. The monoisotopic (exact) mass is 747 g/mol. The van der Waals surface area contributed by atoms with Crippen molar-refractivity contribution < 1.29 is 24.2 Å². The van der Waals surface area contributed by atoms with E-state index in [-0.39, 0.29) is 34.7 Å². The van der Waals surface area contributed by atoms with Gasteiger partial charge in [-0.15, -0.1) is 0 Å². The average molecular weight is 747 g/mol. The molecule has 8 aliphatic rings. The molecule has 8 rings (SSSR count). The Balaban J connectivity index is 0.972. The lowest BCUT2D eigenvalue weighted by Gasteiger charge is -2.65. The van der Waals surface area contributed by atoms with Crippen LogP contribution in [0.25, 0.3) is 0 Å². The number of carboxylic acid groups (broad SMARTS) is 1. The van der Waals surface area contributed by atoms with Crippen molar-refractivity contribution in [3.63, 3.8) is 0 Å². The summed E-state index contributed by atoms with van der Waals surface area (Å²) in [6, 6.07) is 0.333. The summed E-state index contributed by atoms with van der Waals surface area (Å²) in [6.45, 7) is 23.4. The molecule has 1 aliphatic heterocycles. The zero-order valence-electron chi connectivity index (χ0n) is 35.1. The van der Waals surface area contributed by atoms with Gasteiger partial charge in [0.25, 0.3) is 0 Å². The fraction of sp³-hybridized carbons (Fsp3) is 0.894. The molecule has 1 saturated heterocycles. The number of piperidine rings is 1. The number of hydrogen-bond donors (Lipinski definition) is 2. The Morgan fingerprint density at radius 2 is 1.69 bits per heavy atom. The Labute approximate surface area is 326 Å². The molecule has 7 heteroatoms. The molecular weight excluding hydrogens is 673 g/mol. The van der Waals surface area contributed by atoms with Gasteiger partial charge in [0.15, 0.2) is 0 Å². The second-order valence-electron chi connectivity index (χ2n) is 22.6. The zero-order valence-corrected chi connectivity index (χ0v) is 35.1. The highest BCUT2D eigenvalue weighted by Crippen LogP contribution is 2.88. The van der Waals surface area contributed by atoms with Gasteiger partial charge < -0.3 is 20.1 Å². The van der Waals surface area contributed by atoms with Crippen molar-refractivity contribution in [2.24, 2.45) is 73.9 Å². The van der Waals surface area contributed by atoms with E-state index in [0.29, 0.717) is 58.3 Å². The van der Waals surface area contributed by atoms with E-state index in [1.165, 1.54) is 83.0 Å². The summed E-state index contributed by atoms with van der Waals surface area (Å²) in [5.74, 6) is 3.20. The van der Waals surface area contributed by atoms with Crippen molar-refractivity contribution >= 4 is 17.8 Å². The van der Waals surface area contributed by atoms with Crippen molar-refractivity contribution in [1.82, 2.24) is 10.2 Å². The zero-order chi connectivity index (χ0) is 38.6. The molecule has 2 N–H and O–H groups in total. The molecular formula is C47H74N2O5. The Kier molecular flexibility index (Phi) is 9.62. The highest BCUT2D eigenvalue weighted by atomic mass is 16.5. The van der Waals surface area contributed by atoms with Crippen LogP contribution >= 0.6 is 0 Å². The number of carbonyl (C=O) groups is 3. The normalized spacial score (nSPS) is 46.5. The maximum Gasteiger partial charge on any atom is 0.309 e. The van der Waals surface area contributed by atoms with Gasteiger partial charge in [0.1, 0.15) is 6.10 Å². The summed E-state index contributed by atoms with van der Waals surface area (Å²) >= 11 is 0. The number of ether oxygens (including phenoxy) is 1. The number of nitrogens with zero attached hydrogens (tertiary/aromatic N) is 1. The maximum absolute atomic E-state index is 14.9. The number of nitrogens with one attached hydrogen (secondary N) is 1. The third-order valence-corrected chi connectivity index (χ3v) is 18.9. The average Bonchev–Trinajstić information content (AvgIpc) is 3.32. The fourth-order valence-electron chi connectivity index (χ4n) is 16.3. The van der Waals surface area contributed by atoms with E-state index in [4.69, 9.17) is 4.74 Å². The molecule has 0 aromatic heterocycles. The highest BCUT2D eigenvalue weighted by Gasteiger charge is 2.82. The number of esters is 1. The number of fused-ring (bicyclic) bond motifs is 4. The summed E-state index contributed by atoms with van der Waals surface area (Å²) in [5.41, 5.74) is 0.692. The van der Waals surface area contributed by atoms with Gasteiger partial charge in [0, 0.05) is 24.5 Å². The quantitative estimate of drug-likeness (QED) is 0.180. The SMILES string of the molecule is C=C(C)[C@@H]1CC[C@]2(C(=O)NC3CCC(CN4CCCC(C)C4)C3)CC[C@@]34C[C@]35CC[C@H]3C(C)(C)C(OC(=O)CC(C)(C)C(=O)O)CC[C@]3(C)[C@H]5CC[C@@H]4[C@@H]12. The van der Waals surface area contributed by atoms with E-state index in [2.05, 4.69) is 51.4 Å². The summed E-state index contributed by atoms with van der Waals surface area (Å²) in [6.07, 6.45) is 18.6. The standard InChI is InChI=1S/C47H74N2O5/c1-29(2)33-15-19-45(40(51)48-32-12-11-31(24-32)27-49-23-9-10-30(3)26-49)21-22-46-28-47(46)20-16-35-43(6,7)37(54-38(50)25-42(4,5)41(52)53)17-18-44(35,8)36(47)14-13-34(46)39(33)45/h30-37,39H,1,9-28H2,2-8H3,(H,48,51)(H,52,53)/t30?,31?,32?,33-,34+,35-,36+,37?,39+,44-,45-,46-,47-/m0/s1. The van der Waals surface area contributed by atoms with Crippen molar-refractivity contribution in [2.75, 3.05) is 19.6 Å². The van der Waals surface area contributed by atoms with E-state index < -0.39 is 11.4 Å². The number of aliphatic carboxylic acids is 1. The lowest BCUT2D eigenvalue weighted by atomic mass is 9.40. The molecule has 1 heterocycles. The number of likely N-dealkylation sites (tertiary alicyclic amines) is 1. The minimum atomic E-state index is -1.13. The van der Waals surface area contributed by atoms with Gasteiger partial charge >= 0.3 is 11.9 Å². The van der Waals surface area contributed by atoms with Crippen LogP contribution in [0, 0.1) is 73.9 Å². The third kappa shape index (κ3) is 5.90. The number of carbonyl (C=O) groups excluding carboxylic acids is 2. The minimum Gasteiger partial charge on any atom is -0.481 e. The van der Waals surface area contributed by atoms with Crippen LogP contribution in [-0.4, -0.2) is 59.6 Å². The first-order valence-electron chi connectivity index (χ1n) is 22.5. The topological polar surface area (TPSA) is 95.9 Å². The highest BCUT2D eigenvalue weighted by molar-refractivity contribution is 5.84. The Morgan fingerprint density at radius 3 is 2.41 bits per heavy atom. The summed E-state index contributed by atoms with van der Waals surface area (Å²) in [5, 5.41) is 13.4. The molecule has 0 radical (unpaired) electrons. The predicted molar refractivity (Wildman–Crippen MR) is 212 cm³/mol. The van der Waals surface area contributed by atoms with Gasteiger partial charge in [-0.3, -0.25) is 14.4 Å². The molecule has 302 valence electrons. The number of rotatable bonds is 9. The van der Waals surface area contributed by atoms with E-state index in [1.54, 1.807) is 13.8 Å². The number of carboxylic acids is 1. The van der Waals surface area contributed by atoms with Gasteiger partial charge in [-0.25, -0.2) is 0 Å². The Morgan fingerprint density at radius 1 is 0.907 bits per heavy atom. The molecule has 0 aromatic rings. The van der Waals surface area contributed by atoms with Crippen molar-refractivity contribution in [1.29, 1.82) is 0 Å². The molecule has 54 heavy (non-hydrogen) atoms. The molecule has 7 nitrogen and oxygen atoms in total.